The maximum Gasteiger partial charge on any atom is 0.295 e. The highest BCUT2D eigenvalue weighted by molar-refractivity contribution is 6.46. The Morgan fingerprint density at radius 1 is 1.06 bits per heavy atom. The molecule has 6 heteroatoms. The third-order valence-electron chi connectivity index (χ3n) is 5.50. The van der Waals surface area contributed by atoms with Crippen molar-refractivity contribution in [3.63, 3.8) is 0 Å². The molecule has 0 aliphatic carbocycles. The number of carbonyl (C=O) groups excluding carboxylic acids is 2. The van der Waals surface area contributed by atoms with Gasteiger partial charge in [-0.25, -0.2) is 0 Å². The van der Waals surface area contributed by atoms with Crippen LogP contribution in [0.3, 0.4) is 0 Å². The third-order valence-corrected chi connectivity index (χ3v) is 5.75. The predicted molar refractivity (Wildman–Crippen MR) is 122 cm³/mol. The Bertz CT molecular complexity index is 988. The van der Waals surface area contributed by atoms with Crippen molar-refractivity contribution in [2.75, 3.05) is 20.3 Å². The number of ketones is 1. The highest BCUT2D eigenvalue weighted by Gasteiger charge is 2.45. The molecule has 1 heterocycles. The van der Waals surface area contributed by atoms with Crippen LogP contribution in [0.5, 0.6) is 0 Å². The smallest absolute Gasteiger partial charge is 0.295 e. The zero-order valence-electron chi connectivity index (χ0n) is 18.3. The Labute approximate surface area is 188 Å². The van der Waals surface area contributed by atoms with Gasteiger partial charge in [0.05, 0.1) is 11.6 Å². The van der Waals surface area contributed by atoms with Crippen molar-refractivity contribution in [1.82, 2.24) is 4.90 Å². The second-order valence-corrected chi connectivity index (χ2v) is 9.15. The largest absolute Gasteiger partial charge is 0.507 e. The molecule has 31 heavy (non-hydrogen) atoms. The number of carbonyl (C=O) groups is 2. The quantitative estimate of drug-likeness (QED) is 0.293. The van der Waals surface area contributed by atoms with Crippen molar-refractivity contribution < 1.29 is 19.4 Å². The summed E-state index contributed by atoms with van der Waals surface area (Å²) in [6, 6.07) is 13.7. The van der Waals surface area contributed by atoms with E-state index in [1.54, 1.807) is 31.4 Å². The molecule has 3 rings (SSSR count). The van der Waals surface area contributed by atoms with E-state index in [1.807, 2.05) is 24.3 Å². The molecule has 164 valence electrons. The van der Waals surface area contributed by atoms with Crippen LogP contribution in [0.1, 0.15) is 49.9 Å². The maximum absolute atomic E-state index is 13.0. The number of benzene rings is 2. The number of halogens is 1. The lowest BCUT2D eigenvalue weighted by molar-refractivity contribution is -0.140. The molecule has 2 aromatic carbocycles. The van der Waals surface area contributed by atoms with Crippen molar-refractivity contribution in [2.45, 2.75) is 38.6 Å². The zero-order valence-corrected chi connectivity index (χ0v) is 19.1. The lowest BCUT2D eigenvalue weighted by atomic mass is 9.85. The number of aliphatic hydroxyl groups excluding tert-OH is 1. The van der Waals surface area contributed by atoms with Crippen molar-refractivity contribution in [2.24, 2.45) is 0 Å². The van der Waals surface area contributed by atoms with Gasteiger partial charge in [-0.3, -0.25) is 9.59 Å². The molecular weight excluding hydrogens is 414 g/mol. The van der Waals surface area contributed by atoms with E-state index < -0.39 is 17.7 Å². The summed E-state index contributed by atoms with van der Waals surface area (Å²) in [5, 5.41) is 11.5. The normalized spacial score (nSPS) is 18.6. The van der Waals surface area contributed by atoms with Crippen LogP contribution in [0.2, 0.25) is 5.02 Å². The first-order valence-corrected chi connectivity index (χ1v) is 10.7. The maximum atomic E-state index is 13.0. The molecule has 0 aromatic heterocycles. The van der Waals surface area contributed by atoms with Crippen LogP contribution in [0, 0.1) is 0 Å². The first-order valence-electron chi connectivity index (χ1n) is 10.3. The number of nitrogens with zero attached hydrogens (tertiary/aromatic N) is 1. The van der Waals surface area contributed by atoms with Crippen LogP contribution < -0.4 is 0 Å². The molecule has 0 unspecified atom stereocenters. The molecule has 1 fully saturated rings. The van der Waals surface area contributed by atoms with Gasteiger partial charge in [-0.1, -0.05) is 56.6 Å². The summed E-state index contributed by atoms with van der Waals surface area (Å²) in [4.78, 5) is 27.4. The van der Waals surface area contributed by atoms with Gasteiger partial charge >= 0.3 is 0 Å². The number of rotatable bonds is 6. The van der Waals surface area contributed by atoms with E-state index in [9.17, 15) is 14.7 Å². The number of Topliss-reactive ketones (excluding diaryl/α,β-unsaturated/α-hetero) is 1. The first kappa shape index (κ1) is 23.0. The third kappa shape index (κ3) is 4.83. The molecular formula is C25H28ClNO4. The van der Waals surface area contributed by atoms with Crippen molar-refractivity contribution in [3.8, 4) is 0 Å². The Kier molecular flexibility index (Phi) is 6.87. The average molecular weight is 442 g/mol. The summed E-state index contributed by atoms with van der Waals surface area (Å²) in [6.45, 7) is 7.19. The summed E-state index contributed by atoms with van der Waals surface area (Å²) >= 11 is 5.96. The van der Waals surface area contributed by atoms with Crippen molar-refractivity contribution in [1.29, 1.82) is 0 Å². The molecule has 1 amide bonds. The van der Waals surface area contributed by atoms with Crippen LogP contribution >= 0.6 is 11.6 Å². The average Bonchev–Trinajstić information content (AvgIpc) is 2.98. The van der Waals surface area contributed by atoms with Crippen LogP contribution in [0.25, 0.3) is 5.76 Å². The van der Waals surface area contributed by atoms with Crippen LogP contribution in [-0.2, 0) is 19.7 Å². The fraction of sp³-hybridized carbons (Fsp3) is 0.360. The second-order valence-electron chi connectivity index (χ2n) is 8.72. The zero-order chi connectivity index (χ0) is 22.8. The minimum atomic E-state index is -0.685. The van der Waals surface area contributed by atoms with Gasteiger partial charge in [-0.15, -0.1) is 0 Å². The number of ether oxygens (including phenoxy) is 1. The van der Waals surface area contributed by atoms with E-state index in [0.717, 1.165) is 11.1 Å². The molecule has 0 saturated carbocycles. The number of amides is 1. The molecule has 1 saturated heterocycles. The van der Waals surface area contributed by atoms with Gasteiger partial charge in [0.1, 0.15) is 5.76 Å². The van der Waals surface area contributed by atoms with E-state index in [-0.39, 0.29) is 16.7 Å². The molecule has 2 aromatic rings. The van der Waals surface area contributed by atoms with Crippen LogP contribution in [-0.4, -0.2) is 42.0 Å². The van der Waals surface area contributed by atoms with Gasteiger partial charge in [-0.05, 0) is 47.2 Å². The van der Waals surface area contributed by atoms with Crippen LogP contribution in [0.15, 0.2) is 54.1 Å². The SMILES string of the molecule is COCCCN1C(=O)C(=O)/C(=C(/O)c2ccc(Cl)cc2)[C@@H]1c1ccc(C(C)(C)C)cc1. The summed E-state index contributed by atoms with van der Waals surface area (Å²) in [7, 11) is 1.59. The van der Waals surface area contributed by atoms with Gasteiger partial charge in [0.2, 0.25) is 0 Å². The molecule has 1 aliphatic heterocycles. The Morgan fingerprint density at radius 2 is 1.68 bits per heavy atom. The van der Waals surface area contributed by atoms with E-state index in [4.69, 9.17) is 16.3 Å². The molecule has 5 nitrogen and oxygen atoms in total. The number of hydrogen-bond donors (Lipinski definition) is 1. The fourth-order valence-electron chi connectivity index (χ4n) is 3.77. The monoisotopic (exact) mass is 441 g/mol. The summed E-state index contributed by atoms with van der Waals surface area (Å²) in [6.07, 6.45) is 0.584. The van der Waals surface area contributed by atoms with E-state index >= 15 is 0 Å². The number of hydrogen-bond acceptors (Lipinski definition) is 4. The summed E-state index contributed by atoms with van der Waals surface area (Å²) in [5.41, 5.74) is 2.43. The molecule has 1 aliphatic rings. The molecule has 0 radical (unpaired) electrons. The Balaban J connectivity index is 2.11. The summed E-state index contributed by atoms with van der Waals surface area (Å²) < 4.78 is 5.12. The standard InChI is InChI=1S/C25H28ClNO4/c1-25(2,3)18-10-6-16(7-11-18)21-20(22(28)17-8-12-19(26)13-9-17)23(29)24(30)27(21)14-5-15-31-4/h6-13,21,28H,5,14-15H2,1-4H3/b22-20+/t21-/m0/s1. The first-order chi connectivity index (χ1) is 14.6. The number of likely N-dealkylation sites (tertiary alicyclic amines) is 1. The second kappa shape index (κ2) is 9.25. The number of methoxy groups -OCH3 is 1. The van der Waals surface area contributed by atoms with Crippen LogP contribution in [0.4, 0.5) is 0 Å². The lowest BCUT2D eigenvalue weighted by Gasteiger charge is -2.26. The van der Waals surface area contributed by atoms with E-state index in [2.05, 4.69) is 20.8 Å². The van der Waals surface area contributed by atoms with Crippen molar-refractivity contribution >= 4 is 29.1 Å². The van der Waals surface area contributed by atoms with Gasteiger partial charge in [0.15, 0.2) is 0 Å². The number of aliphatic hydroxyl groups is 1. The lowest BCUT2D eigenvalue weighted by Crippen LogP contribution is -2.31. The minimum Gasteiger partial charge on any atom is -0.507 e. The molecule has 0 spiro atoms. The minimum absolute atomic E-state index is 0.0257. The van der Waals surface area contributed by atoms with Gasteiger partial charge in [0, 0.05) is 30.8 Å². The Hall–Kier alpha value is -2.63. The Morgan fingerprint density at radius 3 is 2.23 bits per heavy atom. The van der Waals surface area contributed by atoms with E-state index in [1.165, 1.54) is 4.90 Å². The predicted octanol–water partition coefficient (Wildman–Crippen LogP) is 5.10. The van der Waals surface area contributed by atoms with Gasteiger partial charge < -0.3 is 14.7 Å². The van der Waals surface area contributed by atoms with Gasteiger partial charge in [-0.2, -0.15) is 0 Å². The van der Waals surface area contributed by atoms with Gasteiger partial charge in [0.25, 0.3) is 11.7 Å². The van der Waals surface area contributed by atoms with Crippen molar-refractivity contribution in [3.05, 3.63) is 75.8 Å². The fourth-order valence-corrected chi connectivity index (χ4v) is 3.89. The summed E-state index contributed by atoms with van der Waals surface area (Å²) in [5.74, 6) is -1.50. The molecule has 1 N–H and O–H groups in total. The van der Waals surface area contributed by atoms with E-state index in [0.29, 0.717) is 30.2 Å². The molecule has 1 atom stereocenters. The highest BCUT2D eigenvalue weighted by atomic mass is 35.5. The highest BCUT2D eigenvalue weighted by Crippen LogP contribution is 2.40. The topological polar surface area (TPSA) is 66.8 Å². The molecule has 0 bridgehead atoms.